The Labute approximate surface area is 131 Å². The van der Waals surface area contributed by atoms with Gasteiger partial charge >= 0.3 is 0 Å². The highest BCUT2D eigenvalue weighted by atomic mass is 35.5. The van der Waals surface area contributed by atoms with Crippen LogP contribution in [-0.4, -0.2) is 19.1 Å². The minimum absolute atomic E-state index is 0.403. The average Bonchev–Trinajstić information content (AvgIpc) is 2.50. The molecule has 0 amide bonds. The van der Waals surface area contributed by atoms with Crippen molar-refractivity contribution in [1.29, 1.82) is 0 Å². The molecule has 2 heteroatoms. The third kappa shape index (κ3) is 7.88. The molecule has 0 aromatic carbocycles. The lowest BCUT2D eigenvalue weighted by atomic mass is 9.77. The number of hydrogen-bond donors (Lipinski definition) is 0. The third-order valence-electron chi connectivity index (χ3n) is 4.90. The second-order valence-electron chi connectivity index (χ2n) is 6.68. The summed E-state index contributed by atoms with van der Waals surface area (Å²) in [6.07, 6.45) is 17.8. The first-order valence-electron chi connectivity index (χ1n) is 8.97. The van der Waals surface area contributed by atoms with Crippen molar-refractivity contribution in [3.63, 3.8) is 0 Å². The van der Waals surface area contributed by atoms with Crippen LogP contribution in [-0.2, 0) is 4.74 Å². The Balaban J connectivity index is 1.91. The fourth-order valence-electron chi connectivity index (χ4n) is 3.24. The standard InChI is InChI=1S/C18H35ClO/c1-2-3-4-5-6-7-8-9-10-11-12-18(17-19)13-15-20-16-14-18/h2-17H2,1H3. The molecule has 0 N–H and O–H groups in total. The molecule has 1 rings (SSSR count). The first-order valence-corrected chi connectivity index (χ1v) is 9.50. The molecule has 1 saturated heterocycles. The van der Waals surface area contributed by atoms with Crippen molar-refractivity contribution in [2.24, 2.45) is 5.41 Å². The van der Waals surface area contributed by atoms with Gasteiger partial charge in [0.2, 0.25) is 0 Å². The number of ether oxygens (including phenoxy) is 1. The molecule has 1 aliphatic rings. The Bertz CT molecular complexity index is 211. The fraction of sp³-hybridized carbons (Fsp3) is 1.00. The van der Waals surface area contributed by atoms with Gasteiger partial charge in [0.1, 0.15) is 0 Å². The summed E-state index contributed by atoms with van der Waals surface area (Å²) in [5.74, 6) is 0.827. The normalized spacial score (nSPS) is 18.3. The van der Waals surface area contributed by atoms with Gasteiger partial charge in [0.15, 0.2) is 0 Å². The van der Waals surface area contributed by atoms with Gasteiger partial charge in [-0.3, -0.25) is 0 Å². The molecule has 0 aliphatic carbocycles. The van der Waals surface area contributed by atoms with Crippen LogP contribution < -0.4 is 0 Å². The van der Waals surface area contributed by atoms with Crippen LogP contribution in [0.5, 0.6) is 0 Å². The van der Waals surface area contributed by atoms with Crippen LogP contribution in [0, 0.1) is 5.41 Å². The zero-order chi connectivity index (χ0) is 14.5. The largest absolute Gasteiger partial charge is 0.381 e. The van der Waals surface area contributed by atoms with E-state index >= 15 is 0 Å². The van der Waals surface area contributed by atoms with Gasteiger partial charge in [-0.15, -0.1) is 11.6 Å². The van der Waals surface area contributed by atoms with Crippen molar-refractivity contribution in [3.8, 4) is 0 Å². The Morgan fingerprint density at radius 1 is 0.800 bits per heavy atom. The molecule has 0 unspecified atom stereocenters. The summed E-state index contributed by atoms with van der Waals surface area (Å²) in [7, 11) is 0. The van der Waals surface area contributed by atoms with Crippen LogP contribution >= 0.6 is 11.6 Å². The second-order valence-corrected chi connectivity index (χ2v) is 6.95. The Hall–Kier alpha value is 0.250. The van der Waals surface area contributed by atoms with Crippen molar-refractivity contribution in [2.45, 2.75) is 90.4 Å². The number of alkyl halides is 1. The summed E-state index contributed by atoms with van der Waals surface area (Å²) in [5.41, 5.74) is 0.403. The quantitative estimate of drug-likeness (QED) is 0.302. The summed E-state index contributed by atoms with van der Waals surface area (Å²) < 4.78 is 5.47. The van der Waals surface area contributed by atoms with Gasteiger partial charge in [-0.25, -0.2) is 0 Å². The SMILES string of the molecule is CCCCCCCCCCCCC1(CCl)CCOCC1. The van der Waals surface area contributed by atoms with Crippen molar-refractivity contribution < 1.29 is 4.74 Å². The highest BCUT2D eigenvalue weighted by Crippen LogP contribution is 2.37. The number of halogens is 1. The van der Waals surface area contributed by atoms with E-state index in [0.29, 0.717) is 5.41 Å². The maximum absolute atomic E-state index is 6.20. The van der Waals surface area contributed by atoms with Crippen LogP contribution in [0.2, 0.25) is 0 Å². The third-order valence-corrected chi connectivity index (χ3v) is 5.46. The molecule has 0 spiro atoms. The molecule has 1 aliphatic heterocycles. The number of unbranched alkanes of at least 4 members (excludes halogenated alkanes) is 9. The Morgan fingerprint density at radius 3 is 1.80 bits per heavy atom. The molecule has 20 heavy (non-hydrogen) atoms. The minimum atomic E-state index is 0.403. The molecule has 0 saturated carbocycles. The molecule has 120 valence electrons. The van der Waals surface area contributed by atoms with E-state index in [0.717, 1.165) is 19.1 Å². The van der Waals surface area contributed by atoms with Crippen LogP contribution in [0.15, 0.2) is 0 Å². The van der Waals surface area contributed by atoms with Gasteiger partial charge in [0.25, 0.3) is 0 Å². The average molecular weight is 303 g/mol. The van der Waals surface area contributed by atoms with E-state index in [4.69, 9.17) is 16.3 Å². The van der Waals surface area contributed by atoms with Gasteiger partial charge in [-0.05, 0) is 24.7 Å². The molecule has 1 heterocycles. The first-order chi connectivity index (χ1) is 9.83. The molecule has 0 atom stereocenters. The summed E-state index contributed by atoms with van der Waals surface area (Å²) >= 11 is 6.20. The van der Waals surface area contributed by atoms with Crippen molar-refractivity contribution in [3.05, 3.63) is 0 Å². The zero-order valence-electron chi connectivity index (χ0n) is 13.6. The summed E-state index contributed by atoms with van der Waals surface area (Å²) in [6.45, 7) is 4.13. The minimum Gasteiger partial charge on any atom is -0.381 e. The van der Waals surface area contributed by atoms with Gasteiger partial charge in [0.05, 0.1) is 0 Å². The van der Waals surface area contributed by atoms with Crippen LogP contribution in [0.3, 0.4) is 0 Å². The monoisotopic (exact) mass is 302 g/mol. The van der Waals surface area contributed by atoms with Crippen LogP contribution in [0.1, 0.15) is 90.4 Å². The van der Waals surface area contributed by atoms with E-state index in [1.165, 1.54) is 83.5 Å². The van der Waals surface area contributed by atoms with E-state index in [2.05, 4.69) is 6.92 Å². The predicted molar refractivity (Wildman–Crippen MR) is 89.7 cm³/mol. The molecular formula is C18H35ClO. The molecule has 0 bridgehead atoms. The number of hydrogen-bond acceptors (Lipinski definition) is 1. The van der Waals surface area contributed by atoms with Crippen LogP contribution in [0.25, 0.3) is 0 Å². The molecule has 1 nitrogen and oxygen atoms in total. The molecule has 0 aromatic rings. The van der Waals surface area contributed by atoms with E-state index in [-0.39, 0.29) is 0 Å². The van der Waals surface area contributed by atoms with Crippen LogP contribution in [0.4, 0.5) is 0 Å². The lowest BCUT2D eigenvalue weighted by Crippen LogP contribution is -2.31. The van der Waals surface area contributed by atoms with Gasteiger partial charge in [-0.2, -0.15) is 0 Å². The lowest BCUT2D eigenvalue weighted by Gasteiger charge is -2.35. The van der Waals surface area contributed by atoms with Crippen molar-refractivity contribution in [2.75, 3.05) is 19.1 Å². The van der Waals surface area contributed by atoms with Gasteiger partial charge in [-0.1, -0.05) is 71.1 Å². The Kier molecular flexibility index (Phi) is 10.9. The van der Waals surface area contributed by atoms with Gasteiger partial charge < -0.3 is 4.74 Å². The molecule has 1 fully saturated rings. The molecular weight excluding hydrogens is 268 g/mol. The first kappa shape index (κ1) is 18.3. The maximum Gasteiger partial charge on any atom is 0.0471 e. The van der Waals surface area contributed by atoms with E-state index in [9.17, 15) is 0 Å². The zero-order valence-corrected chi connectivity index (χ0v) is 14.4. The fourth-order valence-corrected chi connectivity index (χ4v) is 3.64. The maximum atomic E-state index is 6.20. The highest BCUT2D eigenvalue weighted by molar-refractivity contribution is 6.18. The smallest absolute Gasteiger partial charge is 0.0471 e. The highest BCUT2D eigenvalue weighted by Gasteiger charge is 2.30. The summed E-state index contributed by atoms with van der Waals surface area (Å²) in [5, 5.41) is 0. The van der Waals surface area contributed by atoms with Crippen molar-refractivity contribution in [1.82, 2.24) is 0 Å². The van der Waals surface area contributed by atoms with E-state index in [1.807, 2.05) is 0 Å². The van der Waals surface area contributed by atoms with Gasteiger partial charge in [0, 0.05) is 19.1 Å². The Morgan fingerprint density at radius 2 is 1.30 bits per heavy atom. The lowest BCUT2D eigenvalue weighted by molar-refractivity contribution is 0.0203. The molecule has 0 radical (unpaired) electrons. The topological polar surface area (TPSA) is 9.23 Å². The predicted octanol–water partition coefficient (Wildman–Crippen LogP) is 6.33. The summed E-state index contributed by atoms with van der Waals surface area (Å²) in [6, 6.07) is 0. The second kappa shape index (κ2) is 11.9. The summed E-state index contributed by atoms with van der Waals surface area (Å²) in [4.78, 5) is 0. The molecule has 0 aromatic heterocycles. The number of rotatable bonds is 12. The van der Waals surface area contributed by atoms with E-state index < -0.39 is 0 Å². The van der Waals surface area contributed by atoms with Crippen molar-refractivity contribution >= 4 is 11.6 Å². The van der Waals surface area contributed by atoms with E-state index in [1.54, 1.807) is 0 Å².